The van der Waals surface area contributed by atoms with Crippen molar-refractivity contribution >= 4 is 55.4 Å². The van der Waals surface area contributed by atoms with Crippen LogP contribution >= 0.6 is 43.6 Å². The summed E-state index contributed by atoms with van der Waals surface area (Å²) in [6.45, 7) is 0. The Bertz CT molecular complexity index is 274. The summed E-state index contributed by atoms with van der Waals surface area (Å²) < 4.78 is 5.50. The topological polar surface area (TPSA) is 43.4 Å². The molecule has 1 rings (SSSR count). The highest BCUT2D eigenvalue weighted by Gasteiger charge is 2.37. The van der Waals surface area contributed by atoms with Crippen molar-refractivity contribution in [3.05, 3.63) is 8.30 Å². The lowest BCUT2D eigenvalue weighted by atomic mass is 10.3. The molecule has 0 saturated carbocycles. The predicted molar refractivity (Wildman–Crippen MR) is 53.3 cm³/mol. The lowest BCUT2D eigenvalue weighted by Crippen LogP contribution is -2.24. The number of ether oxygens (including phenoxy) is 1. The van der Waals surface area contributed by atoms with Crippen LogP contribution in [0.4, 0.5) is 0 Å². The number of allylic oxidation sites excluding steroid dienone is 1. The van der Waals surface area contributed by atoms with Gasteiger partial charge in [0.2, 0.25) is 0 Å². The van der Waals surface area contributed by atoms with E-state index in [2.05, 4.69) is 36.6 Å². The maximum Gasteiger partial charge on any atom is 0.327 e. The highest BCUT2D eigenvalue weighted by molar-refractivity contribution is 9.16. The average Bonchev–Trinajstić information content (AvgIpc) is 2.32. The van der Waals surface area contributed by atoms with E-state index >= 15 is 0 Å². The molecule has 0 N–H and O–H groups in total. The fourth-order valence-corrected chi connectivity index (χ4v) is 2.93. The van der Waals surface area contributed by atoms with Gasteiger partial charge >= 0.3 is 5.97 Å². The zero-order chi connectivity index (χ0) is 9.30. The van der Waals surface area contributed by atoms with E-state index in [1.807, 2.05) is 0 Å². The van der Waals surface area contributed by atoms with Crippen molar-refractivity contribution in [3.8, 4) is 0 Å². The van der Waals surface area contributed by atoms with Gasteiger partial charge in [-0.15, -0.1) is 0 Å². The molecule has 0 aromatic carbocycles. The number of thioether (sulfide) groups is 1. The number of esters is 1. The maximum absolute atomic E-state index is 11.3. The lowest BCUT2D eigenvalue weighted by molar-refractivity contribution is -0.141. The number of halogens is 2. The number of ketones is 1. The minimum Gasteiger partial charge on any atom is -0.468 e. The molecule has 0 bridgehead atoms. The van der Waals surface area contributed by atoms with Gasteiger partial charge in [-0.1, -0.05) is 11.8 Å². The predicted octanol–water partition coefficient (Wildman–Crippen LogP) is 1.80. The summed E-state index contributed by atoms with van der Waals surface area (Å²) in [7, 11) is 1.26. The van der Waals surface area contributed by atoms with E-state index in [0.29, 0.717) is 8.30 Å². The second-order valence-electron chi connectivity index (χ2n) is 1.97. The highest BCUT2D eigenvalue weighted by Crippen LogP contribution is 2.41. The first-order chi connectivity index (χ1) is 5.57. The summed E-state index contributed by atoms with van der Waals surface area (Å²) in [6, 6.07) is 0. The molecule has 3 nitrogen and oxygen atoms in total. The molecule has 0 aromatic heterocycles. The molecule has 0 aliphatic carbocycles. The van der Waals surface area contributed by atoms with Crippen molar-refractivity contribution < 1.29 is 14.3 Å². The van der Waals surface area contributed by atoms with Crippen molar-refractivity contribution in [2.75, 3.05) is 7.11 Å². The molecule has 0 fully saturated rings. The number of rotatable bonds is 1. The van der Waals surface area contributed by atoms with E-state index in [-0.39, 0.29) is 5.78 Å². The maximum atomic E-state index is 11.3. The number of methoxy groups -OCH3 is 1. The van der Waals surface area contributed by atoms with Crippen LogP contribution in [0.2, 0.25) is 0 Å². The minimum absolute atomic E-state index is 0.251. The van der Waals surface area contributed by atoms with Gasteiger partial charge in [-0.25, -0.2) is 0 Å². The second-order valence-corrected chi connectivity index (χ2v) is 5.20. The number of Topliss-reactive ketones (excluding diaryl/α,β-unsaturated/α-hetero) is 1. The summed E-state index contributed by atoms with van der Waals surface area (Å²) in [6.07, 6.45) is 0. The van der Waals surface area contributed by atoms with Crippen LogP contribution in [-0.2, 0) is 14.3 Å². The summed E-state index contributed by atoms with van der Waals surface area (Å²) in [4.78, 5) is 22.2. The van der Waals surface area contributed by atoms with Crippen LogP contribution < -0.4 is 0 Å². The van der Waals surface area contributed by atoms with E-state index in [0.717, 1.165) is 11.8 Å². The first-order valence-corrected chi connectivity index (χ1v) is 5.38. The molecule has 1 aliphatic heterocycles. The van der Waals surface area contributed by atoms with Gasteiger partial charge in [-0.2, -0.15) is 0 Å². The fourth-order valence-electron chi connectivity index (χ4n) is 0.683. The summed E-state index contributed by atoms with van der Waals surface area (Å²) in [5.41, 5.74) is 0. The fraction of sp³-hybridized carbons (Fsp3) is 0.333. The van der Waals surface area contributed by atoms with E-state index in [4.69, 9.17) is 0 Å². The third-order valence-corrected chi connectivity index (χ3v) is 4.86. The van der Waals surface area contributed by atoms with Gasteiger partial charge in [0.15, 0.2) is 11.0 Å². The summed E-state index contributed by atoms with van der Waals surface area (Å²) in [5, 5.41) is -0.751. The van der Waals surface area contributed by atoms with Crippen LogP contribution in [0.25, 0.3) is 0 Å². The largest absolute Gasteiger partial charge is 0.468 e. The van der Waals surface area contributed by atoms with E-state index in [1.54, 1.807) is 0 Å². The average molecular weight is 316 g/mol. The summed E-state index contributed by atoms with van der Waals surface area (Å²) in [5.74, 6) is -0.768. The van der Waals surface area contributed by atoms with Crippen LogP contribution in [0.3, 0.4) is 0 Å². The normalized spacial score (nSPS) is 23.2. The van der Waals surface area contributed by atoms with Crippen molar-refractivity contribution in [2.24, 2.45) is 0 Å². The zero-order valence-electron chi connectivity index (χ0n) is 5.97. The van der Waals surface area contributed by atoms with Crippen LogP contribution in [0, 0.1) is 0 Å². The highest BCUT2D eigenvalue weighted by atomic mass is 79.9. The molecule has 1 aliphatic rings. The molecule has 1 atom stereocenters. The van der Waals surface area contributed by atoms with E-state index in [1.165, 1.54) is 7.11 Å². The van der Waals surface area contributed by atoms with Gasteiger partial charge in [0.1, 0.15) is 0 Å². The first kappa shape index (κ1) is 10.3. The smallest absolute Gasteiger partial charge is 0.327 e. The Morgan fingerprint density at radius 2 is 2.17 bits per heavy atom. The van der Waals surface area contributed by atoms with Crippen molar-refractivity contribution in [3.63, 3.8) is 0 Å². The van der Waals surface area contributed by atoms with Gasteiger partial charge in [0, 0.05) is 0 Å². The van der Waals surface area contributed by atoms with Crippen LogP contribution in [0.15, 0.2) is 8.30 Å². The molecule has 12 heavy (non-hydrogen) atoms. The van der Waals surface area contributed by atoms with E-state index in [9.17, 15) is 9.59 Å². The van der Waals surface area contributed by atoms with Gasteiger partial charge in [0.05, 0.1) is 15.4 Å². The van der Waals surface area contributed by atoms with Crippen LogP contribution in [0.1, 0.15) is 0 Å². The van der Waals surface area contributed by atoms with Gasteiger partial charge < -0.3 is 4.74 Å². The Morgan fingerprint density at radius 3 is 2.50 bits per heavy atom. The third-order valence-electron chi connectivity index (χ3n) is 1.26. The molecule has 0 radical (unpaired) electrons. The Morgan fingerprint density at radius 1 is 1.58 bits per heavy atom. The number of carbonyl (C=O) groups is 2. The monoisotopic (exact) mass is 314 g/mol. The Hall–Kier alpha value is 0.190. The van der Waals surface area contributed by atoms with Gasteiger partial charge in [0.25, 0.3) is 0 Å². The second kappa shape index (κ2) is 3.93. The lowest BCUT2D eigenvalue weighted by Gasteiger charge is -2.03. The molecule has 0 amide bonds. The third kappa shape index (κ3) is 1.75. The van der Waals surface area contributed by atoms with E-state index < -0.39 is 11.2 Å². The Balaban J connectivity index is 2.80. The van der Waals surface area contributed by atoms with Crippen molar-refractivity contribution in [1.29, 1.82) is 0 Å². The Labute approximate surface area is 90.2 Å². The van der Waals surface area contributed by atoms with Crippen LogP contribution in [0.5, 0.6) is 0 Å². The molecule has 66 valence electrons. The molecule has 0 spiro atoms. The standard InChI is InChI=1S/C6H4Br2O3S/c1-11-6(10)4-3(9)2(7)5(8)12-4/h4H,1H3. The minimum atomic E-state index is -0.751. The molecule has 6 heteroatoms. The quantitative estimate of drug-likeness (QED) is 0.547. The Kier molecular flexibility index (Phi) is 3.37. The first-order valence-electron chi connectivity index (χ1n) is 2.92. The number of carbonyl (C=O) groups excluding carboxylic acids is 2. The number of hydrogen-bond acceptors (Lipinski definition) is 4. The summed E-state index contributed by atoms with van der Waals surface area (Å²) >= 11 is 7.35. The van der Waals surface area contributed by atoms with Crippen molar-refractivity contribution in [1.82, 2.24) is 0 Å². The SMILES string of the molecule is COC(=O)C1SC(Br)=C(Br)C1=O. The molecule has 0 aromatic rings. The molecular weight excluding hydrogens is 312 g/mol. The zero-order valence-corrected chi connectivity index (χ0v) is 9.95. The number of hydrogen-bond donors (Lipinski definition) is 0. The van der Waals surface area contributed by atoms with Crippen molar-refractivity contribution in [2.45, 2.75) is 5.25 Å². The van der Waals surface area contributed by atoms with Gasteiger partial charge in [-0.05, 0) is 31.9 Å². The van der Waals surface area contributed by atoms with Gasteiger partial charge in [-0.3, -0.25) is 9.59 Å². The van der Waals surface area contributed by atoms with Crippen LogP contribution in [-0.4, -0.2) is 24.1 Å². The molecule has 1 heterocycles. The molecule has 0 saturated heterocycles. The molecular formula is C6H4Br2O3S. The molecule has 1 unspecified atom stereocenters.